The summed E-state index contributed by atoms with van der Waals surface area (Å²) >= 11 is 0. The highest BCUT2D eigenvalue weighted by atomic mass is 19.1. The van der Waals surface area contributed by atoms with Crippen LogP contribution >= 0.6 is 0 Å². The summed E-state index contributed by atoms with van der Waals surface area (Å²) in [6.07, 6.45) is 1.21. The maximum Gasteiger partial charge on any atom is 0.123 e. The van der Waals surface area contributed by atoms with Gasteiger partial charge in [0.1, 0.15) is 5.82 Å². The van der Waals surface area contributed by atoms with Gasteiger partial charge in [0.15, 0.2) is 0 Å². The molecular weight excluding hydrogens is 253 g/mol. The number of benzene rings is 1. The molecule has 0 aliphatic carbocycles. The van der Waals surface area contributed by atoms with Gasteiger partial charge in [0, 0.05) is 38.8 Å². The van der Waals surface area contributed by atoms with Crippen molar-refractivity contribution in [3.63, 3.8) is 0 Å². The van der Waals surface area contributed by atoms with Crippen molar-refractivity contribution >= 4 is 0 Å². The van der Waals surface area contributed by atoms with Crippen LogP contribution in [-0.4, -0.2) is 49.1 Å². The van der Waals surface area contributed by atoms with E-state index in [4.69, 9.17) is 5.73 Å². The van der Waals surface area contributed by atoms with Crippen molar-refractivity contribution in [1.29, 1.82) is 0 Å². The fourth-order valence-electron chi connectivity index (χ4n) is 3.10. The molecule has 1 heterocycles. The fraction of sp³-hybridized carbons (Fsp3) is 0.625. The number of hydrogen-bond acceptors (Lipinski definition) is 3. The summed E-state index contributed by atoms with van der Waals surface area (Å²) in [4.78, 5) is 4.94. The Morgan fingerprint density at radius 3 is 2.50 bits per heavy atom. The highest BCUT2D eigenvalue weighted by Gasteiger charge is 2.24. The van der Waals surface area contributed by atoms with Crippen molar-refractivity contribution < 1.29 is 4.39 Å². The smallest absolute Gasteiger partial charge is 0.123 e. The average Bonchev–Trinajstić information content (AvgIpc) is 2.44. The van der Waals surface area contributed by atoms with Crippen molar-refractivity contribution in [3.8, 4) is 0 Å². The van der Waals surface area contributed by atoms with Gasteiger partial charge in [-0.25, -0.2) is 4.39 Å². The van der Waals surface area contributed by atoms with Crippen LogP contribution in [0.1, 0.15) is 30.5 Å². The van der Waals surface area contributed by atoms with E-state index in [-0.39, 0.29) is 11.9 Å². The molecule has 1 aromatic carbocycles. The second-order valence-electron chi connectivity index (χ2n) is 5.63. The third-order valence-corrected chi connectivity index (χ3v) is 4.20. The van der Waals surface area contributed by atoms with Crippen LogP contribution in [0, 0.1) is 12.7 Å². The van der Waals surface area contributed by atoms with E-state index in [1.54, 1.807) is 12.1 Å². The lowest BCUT2D eigenvalue weighted by molar-refractivity contribution is 0.0983. The van der Waals surface area contributed by atoms with Crippen LogP contribution in [-0.2, 0) is 0 Å². The lowest BCUT2D eigenvalue weighted by Gasteiger charge is -2.39. The predicted molar refractivity (Wildman–Crippen MR) is 81.2 cm³/mol. The summed E-state index contributed by atoms with van der Waals surface area (Å²) in [5.41, 5.74) is 8.15. The van der Waals surface area contributed by atoms with Crippen molar-refractivity contribution in [1.82, 2.24) is 9.80 Å². The first-order valence-corrected chi connectivity index (χ1v) is 7.58. The van der Waals surface area contributed by atoms with E-state index < -0.39 is 0 Å². The molecule has 1 saturated heterocycles. The summed E-state index contributed by atoms with van der Waals surface area (Å²) in [6, 6.07) is 5.24. The molecule has 1 fully saturated rings. The van der Waals surface area contributed by atoms with Crippen LogP contribution in [0.15, 0.2) is 18.2 Å². The highest BCUT2D eigenvalue weighted by Crippen LogP contribution is 2.24. The molecule has 0 aromatic heterocycles. The van der Waals surface area contributed by atoms with Gasteiger partial charge in [0.05, 0.1) is 0 Å². The molecule has 1 aromatic rings. The van der Waals surface area contributed by atoms with Gasteiger partial charge < -0.3 is 10.6 Å². The molecule has 1 aliphatic heterocycles. The molecular formula is C16H26FN3. The first kappa shape index (κ1) is 15.4. The molecule has 4 heteroatoms. The van der Waals surface area contributed by atoms with Crippen LogP contribution < -0.4 is 5.73 Å². The Morgan fingerprint density at radius 1 is 1.25 bits per heavy atom. The van der Waals surface area contributed by atoms with Crippen LogP contribution in [0.4, 0.5) is 4.39 Å². The molecule has 3 nitrogen and oxygen atoms in total. The normalized spacial score (nSPS) is 19.2. The Bertz CT molecular complexity index is 428. The lowest BCUT2D eigenvalue weighted by Crippen LogP contribution is -2.49. The van der Waals surface area contributed by atoms with E-state index >= 15 is 0 Å². The van der Waals surface area contributed by atoms with E-state index in [0.29, 0.717) is 6.54 Å². The molecule has 0 bridgehead atoms. The molecule has 20 heavy (non-hydrogen) atoms. The molecule has 2 N–H and O–H groups in total. The van der Waals surface area contributed by atoms with Crippen molar-refractivity contribution in [2.75, 3.05) is 39.3 Å². The summed E-state index contributed by atoms with van der Waals surface area (Å²) in [7, 11) is 0. The third-order valence-electron chi connectivity index (χ3n) is 4.20. The largest absolute Gasteiger partial charge is 0.329 e. The predicted octanol–water partition coefficient (Wildman–Crippen LogP) is 2.16. The molecule has 0 amide bonds. The van der Waals surface area contributed by atoms with E-state index in [9.17, 15) is 4.39 Å². The standard InChI is InChI=1S/C16H26FN3/c1-3-6-19-7-9-20(10-8-19)16(12-18)15-5-4-14(17)11-13(15)2/h4-5,11,16H,3,6-10,12,18H2,1-2H3. The zero-order valence-electron chi connectivity index (χ0n) is 12.6. The van der Waals surface area contributed by atoms with E-state index in [1.807, 2.05) is 13.0 Å². The van der Waals surface area contributed by atoms with E-state index in [1.165, 1.54) is 13.0 Å². The zero-order chi connectivity index (χ0) is 14.5. The molecule has 0 radical (unpaired) electrons. The summed E-state index contributed by atoms with van der Waals surface area (Å²) in [5.74, 6) is -0.171. The second kappa shape index (κ2) is 7.16. The number of piperazine rings is 1. The van der Waals surface area contributed by atoms with Gasteiger partial charge in [-0.2, -0.15) is 0 Å². The lowest BCUT2D eigenvalue weighted by atomic mass is 9.99. The number of rotatable bonds is 5. The zero-order valence-corrected chi connectivity index (χ0v) is 12.6. The van der Waals surface area contributed by atoms with Gasteiger partial charge in [-0.15, -0.1) is 0 Å². The first-order chi connectivity index (χ1) is 9.65. The molecule has 1 aliphatic rings. The van der Waals surface area contributed by atoms with Crippen LogP contribution in [0.25, 0.3) is 0 Å². The van der Waals surface area contributed by atoms with Crippen LogP contribution in [0.5, 0.6) is 0 Å². The quantitative estimate of drug-likeness (QED) is 0.896. The van der Waals surface area contributed by atoms with Gasteiger partial charge in [0.2, 0.25) is 0 Å². The Morgan fingerprint density at radius 2 is 1.95 bits per heavy atom. The number of hydrogen-bond donors (Lipinski definition) is 1. The van der Waals surface area contributed by atoms with Gasteiger partial charge in [-0.05, 0) is 43.1 Å². The number of nitrogens with zero attached hydrogens (tertiary/aromatic N) is 2. The van der Waals surface area contributed by atoms with Gasteiger partial charge >= 0.3 is 0 Å². The number of nitrogens with two attached hydrogens (primary N) is 1. The van der Waals surface area contributed by atoms with Crippen LogP contribution in [0.2, 0.25) is 0 Å². The summed E-state index contributed by atoms with van der Waals surface area (Å²) < 4.78 is 13.2. The second-order valence-corrected chi connectivity index (χ2v) is 5.63. The van der Waals surface area contributed by atoms with Crippen molar-refractivity contribution in [2.24, 2.45) is 5.73 Å². The molecule has 2 rings (SSSR count). The minimum atomic E-state index is -0.171. The minimum absolute atomic E-state index is 0.171. The maximum absolute atomic E-state index is 13.2. The number of aryl methyl sites for hydroxylation is 1. The van der Waals surface area contributed by atoms with Gasteiger partial charge in [-0.1, -0.05) is 13.0 Å². The Balaban J connectivity index is 2.05. The Hall–Kier alpha value is -0.970. The summed E-state index contributed by atoms with van der Waals surface area (Å²) in [5, 5.41) is 0. The highest BCUT2D eigenvalue weighted by molar-refractivity contribution is 5.30. The van der Waals surface area contributed by atoms with Crippen LogP contribution in [0.3, 0.4) is 0 Å². The average molecular weight is 279 g/mol. The Kier molecular flexibility index (Phi) is 5.52. The topological polar surface area (TPSA) is 32.5 Å². The van der Waals surface area contributed by atoms with Gasteiger partial charge in [-0.3, -0.25) is 4.90 Å². The maximum atomic E-state index is 13.2. The monoisotopic (exact) mass is 279 g/mol. The first-order valence-electron chi connectivity index (χ1n) is 7.58. The van der Waals surface area contributed by atoms with E-state index in [0.717, 1.165) is 37.3 Å². The van der Waals surface area contributed by atoms with E-state index in [2.05, 4.69) is 16.7 Å². The molecule has 112 valence electrons. The fourth-order valence-corrected chi connectivity index (χ4v) is 3.10. The van der Waals surface area contributed by atoms with Crippen molar-refractivity contribution in [2.45, 2.75) is 26.3 Å². The molecule has 1 atom stereocenters. The minimum Gasteiger partial charge on any atom is -0.329 e. The third kappa shape index (κ3) is 3.57. The SMILES string of the molecule is CCCN1CCN(C(CN)c2ccc(F)cc2C)CC1. The molecule has 0 saturated carbocycles. The summed E-state index contributed by atoms with van der Waals surface area (Å²) in [6.45, 7) is 10.2. The van der Waals surface area contributed by atoms with Gasteiger partial charge in [0.25, 0.3) is 0 Å². The molecule has 0 spiro atoms. The van der Waals surface area contributed by atoms with Crippen molar-refractivity contribution in [3.05, 3.63) is 35.1 Å². The Labute approximate surface area is 121 Å². The molecule has 1 unspecified atom stereocenters. The number of halogens is 1.